The van der Waals surface area contributed by atoms with Gasteiger partial charge in [-0.2, -0.15) is 0 Å². The minimum atomic E-state index is -0.400. The molecule has 4 aromatic rings. The van der Waals surface area contributed by atoms with Gasteiger partial charge in [0.2, 0.25) is 0 Å². The van der Waals surface area contributed by atoms with Crippen molar-refractivity contribution in [2.75, 3.05) is 6.61 Å². The van der Waals surface area contributed by atoms with E-state index in [0.717, 1.165) is 68.3 Å². The van der Waals surface area contributed by atoms with Gasteiger partial charge in [0.15, 0.2) is 23.1 Å². The van der Waals surface area contributed by atoms with Gasteiger partial charge < -0.3 is 14.4 Å². The molecule has 0 fully saturated rings. The Balaban J connectivity index is 1.31. The molecule has 45 heavy (non-hydrogen) atoms. The average Bonchev–Trinajstić information content (AvgIpc) is 3.05. The lowest BCUT2D eigenvalue weighted by Gasteiger charge is -2.44. The average molecular weight is 710 g/mol. The molecule has 3 aliphatic rings. The minimum absolute atomic E-state index is 0.147. The SMILES string of the molecule is CCOc1cc(C2C3=C(CCCC3=O)N(Cc3ccccc3)C3=C2C(=O)CCC3)cc(I)c1OCc1cccc2ccccc12. The fourth-order valence-corrected chi connectivity index (χ4v) is 8.01. The maximum Gasteiger partial charge on any atom is 0.174 e. The molecule has 0 bridgehead atoms. The van der Waals surface area contributed by atoms with Gasteiger partial charge in [-0.15, -0.1) is 0 Å². The number of carbonyl (C=O) groups excluding carboxylic acids is 2. The molecule has 1 aliphatic heterocycles. The van der Waals surface area contributed by atoms with E-state index < -0.39 is 5.92 Å². The summed E-state index contributed by atoms with van der Waals surface area (Å²) in [7, 11) is 0. The van der Waals surface area contributed by atoms with Crippen molar-refractivity contribution in [3.8, 4) is 11.5 Å². The van der Waals surface area contributed by atoms with Crippen molar-refractivity contribution in [1.29, 1.82) is 0 Å². The highest BCUT2D eigenvalue weighted by atomic mass is 127. The third-order valence-corrected chi connectivity index (χ3v) is 9.99. The normalized spacial score (nSPS) is 17.1. The highest BCUT2D eigenvalue weighted by Gasteiger charge is 2.43. The fourth-order valence-electron chi connectivity index (χ4n) is 7.23. The van der Waals surface area contributed by atoms with E-state index in [-0.39, 0.29) is 11.6 Å². The summed E-state index contributed by atoms with van der Waals surface area (Å²) in [4.78, 5) is 30.0. The highest BCUT2D eigenvalue weighted by molar-refractivity contribution is 14.1. The van der Waals surface area contributed by atoms with Gasteiger partial charge in [-0.3, -0.25) is 9.59 Å². The number of ether oxygens (including phenoxy) is 2. The van der Waals surface area contributed by atoms with Gasteiger partial charge in [-0.05, 0) is 94.8 Å². The third kappa shape index (κ3) is 5.69. The van der Waals surface area contributed by atoms with Crippen LogP contribution in [0.1, 0.15) is 68.1 Å². The summed E-state index contributed by atoms with van der Waals surface area (Å²) in [6, 6.07) is 29.1. The Morgan fingerprint density at radius 3 is 2.16 bits per heavy atom. The van der Waals surface area contributed by atoms with Crippen molar-refractivity contribution in [3.63, 3.8) is 0 Å². The zero-order valence-corrected chi connectivity index (χ0v) is 27.6. The van der Waals surface area contributed by atoms with Crippen LogP contribution in [0.15, 0.2) is 107 Å². The summed E-state index contributed by atoms with van der Waals surface area (Å²) in [5.74, 6) is 1.22. The number of carbonyl (C=O) groups is 2. The molecular formula is C39H36INO4. The van der Waals surface area contributed by atoms with Gasteiger partial charge in [0, 0.05) is 47.8 Å². The molecule has 1 heterocycles. The van der Waals surface area contributed by atoms with E-state index in [4.69, 9.17) is 9.47 Å². The van der Waals surface area contributed by atoms with Gasteiger partial charge in [0.05, 0.1) is 10.2 Å². The first-order valence-corrected chi connectivity index (χ1v) is 17.0. The number of halogens is 1. The van der Waals surface area contributed by atoms with E-state index >= 15 is 0 Å². The van der Waals surface area contributed by atoms with E-state index in [0.29, 0.717) is 44.1 Å². The van der Waals surface area contributed by atoms with Crippen LogP contribution in [0.4, 0.5) is 0 Å². The number of ketones is 2. The molecule has 0 spiro atoms. The van der Waals surface area contributed by atoms with E-state index in [9.17, 15) is 9.59 Å². The molecule has 0 atom stereocenters. The highest BCUT2D eigenvalue weighted by Crippen LogP contribution is 2.51. The molecule has 2 aliphatic carbocycles. The van der Waals surface area contributed by atoms with Gasteiger partial charge in [-0.25, -0.2) is 0 Å². The van der Waals surface area contributed by atoms with Crippen LogP contribution in [0.3, 0.4) is 0 Å². The van der Waals surface area contributed by atoms with Crippen molar-refractivity contribution in [3.05, 3.63) is 128 Å². The molecule has 0 saturated heterocycles. The van der Waals surface area contributed by atoms with Crippen LogP contribution >= 0.6 is 22.6 Å². The van der Waals surface area contributed by atoms with Crippen LogP contribution in [0.2, 0.25) is 0 Å². The lowest BCUT2D eigenvalue weighted by atomic mass is 9.71. The molecule has 0 unspecified atom stereocenters. The van der Waals surface area contributed by atoms with Crippen LogP contribution in [-0.2, 0) is 22.7 Å². The number of benzene rings is 4. The van der Waals surface area contributed by atoms with Gasteiger partial charge in [-0.1, -0.05) is 72.8 Å². The van der Waals surface area contributed by atoms with Gasteiger partial charge in [0.1, 0.15) is 6.61 Å². The molecule has 0 N–H and O–H groups in total. The largest absolute Gasteiger partial charge is 0.490 e. The van der Waals surface area contributed by atoms with Crippen LogP contribution in [0.25, 0.3) is 10.8 Å². The summed E-state index contributed by atoms with van der Waals surface area (Å²) < 4.78 is 13.6. The molecule has 7 rings (SSSR count). The summed E-state index contributed by atoms with van der Waals surface area (Å²) in [5, 5.41) is 2.34. The predicted molar refractivity (Wildman–Crippen MR) is 185 cm³/mol. The monoisotopic (exact) mass is 709 g/mol. The lowest BCUT2D eigenvalue weighted by molar-refractivity contribution is -0.117. The zero-order valence-electron chi connectivity index (χ0n) is 25.5. The first-order valence-electron chi connectivity index (χ1n) is 15.9. The van der Waals surface area contributed by atoms with Crippen molar-refractivity contribution in [1.82, 2.24) is 4.90 Å². The first-order chi connectivity index (χ1) is 22.0. The van der Waals surface area contributed by atoms with Crippen molar-refractivity contribution in [2.45, 2.75) is 64.5 Å². The Morgan fingerprint density at radius 1 is 0.778 bits per heavy atom. The van der Waals surface area contributed by atoms with Crippen molar-refractivity contribution >= 4 is 44.9 Å². The van der Waals surface area contributed by atoms with E-state index in [1.807, 2.05) is 43.3 Å². The van der Waals surface area contributed by atoms with Gasteiger partial charge >= 0.3 is 0 Å². The number of Topliss-reactive ketones (excluding diaryl/α,β-unsaturated/α-hetero) is 2. The van der Waals surface area contributed by atoms with E-state index in [2.05, 4.69) is 76.0 Å². The lowest BCUT2D eigenvalue weighted by Crippen LogP contribution is -2.38. The molecule has 0 amide bonds. The smallest absolute Gasteiger partial charge is 0.174 e. The second-order valence-electron chi connectivity index (χ2n) is 12.0. The topological polar surface area (TPSA) is 55.8 Å². The number of allylic oxidation sites excluding steroid dienone is 4. The predicted octanol–water partition coefficient (Wildman–Crippen LogP) is 9.04. The third-order valence-electron chi connectivity index (χ3n) is 9.19. The molecule has 5 nitrogen and oxygen atoms in total. The van der Waals surface area contributed by atoms with Crippen molar-refractivity contribution < 1.29 is 19.1 Å². The van der Waals surface area contributed by atoms with E-state index in [1.54, 1.807) is 0 Å². The summed E-state index contributed by atoms with van der Waals surface area (Å²) in [6.07, 6.45) is 4.33. The number of hydrogen-bond acceptors (Lipinski definition) is 5. The first kappa shape index (κ1) is 29.8. The fraction of sp³-hybridized carbons (Fsp3) is 0.282. The molecular weight excluding hydrogens is 673 g/mol. The molecule has 4 aromatic carbocycles. The van der Waals surface area contributed by atoms with Crippen LogP contribution in [-0.4, -0.2) is 23.1 Å². The Kier molecular flexibility index (Phi) is 8.49. The summed E-state index contributed by atoms with van der Waals surface area (Å²) in [6.45, 7) is 3.50. The Labute approximate surface area is 278 Å². The maximum absolute atomic E-state index is 13.8. The molecule has 0 aromatic heterocycles. The second kappa shape index (κ2) is 12.8. The maximum atomic E-state index is 13.8. The molecule has 0 saturated carbocycles. The molecule has 0 radical (unpaired) electrons. The molecule has 228 valence electrons. The molecule has 6 heteroatoms. The Hall–Kier alpha value is -3.91. The van der Waals surface area contributed by atoms with E-state index in [1.165, 1.54) is 10.9 Å². The number of hydrogen-bond donors (Lipinski definition) is 0. The Morgan fingerprint density at radius 2 is 1.44 bits per heavy atom. The number of fused-ring (bicyclic) bond motifs is 1. The van der Waals surface area contributed by atoms with Crippen molar-refractivity contribution in [2.24, 2.45) is 0 Å². The quantitative estimate of drug-likeness (QED) is 0.171. The minimum Gasteiger partial charge on any atom is -0.490 e. The Bertz CT molecular complexity index is 1810. The second-order valence-corrected chi connectivity index (χ2v) is 13.1. The number of rotatable bonds is 8. The number of nitrogens with zero attached hydrogens (tertiary/aromatic N) is 1. The summed E-state index contributed by atoms with van der Waals surface area (Å²) in [5.41, 5.74) is 6.93. The summed E-state index contributed by atoms with van der Waals surface area (Å²) >= 11 is 2.32. The zero-order chi connectivity index (χ0) is 30.9. The standard InChI is InChI=1S/C39H36INO4/c1-2-44-35-22-28(21-30(40)39(35)45-24-27-15-8-14-26-13-6-7-16-29(26)27)36-37-31(17-9-19-33(37)42)41(23-25-11-4-3-5-12-25)32-18-10-20-34(43)38(32)36/h3-8,11-16,21-22,36H,2,9-10,17-20,23-24H2,1H3. The van der Waals surface area contributed by atoms with Crippen LogP contribution < -0.4 is 9.47 Å². The van der Waals surface area contributed by atoms with Crippen LogP contribution in [0.5, 0.6) is 11.5 Å². The van der Waals surface area contributed by atoms with Gasteiger partial charge in [0.25, 0.3) is 0 Å². The van der Waals surface area contributed by atoms with Crippen LogP contribution in [0, 0.1) is 3.57 Å².